The molecule has 17 heavy (non-hydrogen) atoms. The van der Waals surface area contributed by atoms with Gasteiger partial charge in [0.1, 0.15) is 0 Å². The molecule has 3 heteroatoms. The van der Waals surface area contributed by atoms with Gasteiger partial charge in [0.05, 0.1) is 3.39 Å². The van der Waals surface area contributed by atoms with Gasteiger partial charge in [-0.2, -0.15) is 0 Å². The fourth-order valence-electron chi connectivity index (χ4n) is 2.30. The smallest absolute Gasteiger partial charge is 0.0567 e. The fourth-order valence-corrected chi connectivity index (χ4v) is 3.05. The van der Waals surface area contributed by atoms with Crippen LogP contribution in [0.1, 0.15) is 18.4 Å². The first-order valence-corrected chi connectivity index (χ1v) is 7.62. The zero-order valence-corrected chi connectivity index (χ0v) is 13.0. The minimum Gasteiger partial charge on any atom is -0.299 e. The van der Waals surface area contributed by atoms with E-state index in [0.717, 1.165) is 15.9 Å². The van der Waals surface area contributed by atoms with Gasteiger partial charge in [-0.15, -0.1) is 0 Å². The van der Waals surface area contributed by atoms with Crippen LogP contribution in [0.5, 0.6) is 0 Å². The summed E-state index contributed by atoms with van der Waals surface area (Å²) < 4.78 is 1.09. The van der Waals surface area contributed by atoms with Crippen LogP contribution >= 0.6 is 31.9 Å². The van der Waals surface area contributed by atoms with Crippen molar-refractivity contribution in [3.8, 4) is 0 Å². The number of halogens is 2. The quantitative estimate of drug-likeness (QED) is 0.767. The Morgan fingerprint density at radius 3 is 2.41 bits per heavy atom. The largest absolute Gasteiger partial charge is 0.299 e. The van der Waals surface area contributed by atoms with Gasteiger partial charge in [-0.05, 0) is 69.3 Å². The summed E-state index contributed by atoms with van der Waals surface area (Å²) in [5, 5.41) is 0. The molecule has 1 aromatic carbocycles. The first-order valence-electron chi connectivity index (χ1n) is 6.03. The average molecular weight is 359 g/mol. The maximum absolute atomic E-state index is 3.44. The summed E-state index contributed by atoms with van der Waals surface area (Å²) in [7, 11) is 0. The van der Waals surface area contributed by atoms with E-state index in [1.807, 2.05) is 0 Å². The second kappa shape index (κ2) is 6.72. The molecule has 0 aromatic heterocycles. The molecule has 0 N–H and O–H groups in total. The molecule has 1 aromatic rings. The maximum Gasteiger partial charge on any atom is 0.0567 e. The van der Waals surface area contributed by atoms with Crippen LogP contribution in [-0.2, 0) is 6.54 Å². The van der Waals surface area contributed by atoms with Crippen molar-refractivity contribution in [2.24, 2.45) is 5.92 Å². The van der Waals surface area contributed by atoms with Crippen molar-refractivity contribution in [2.75, 3.05) is 13.1 Å². The van der Waals surface area contributed by atoms with Gasteiger partial charge in [-0.3, -0.25) is 4.90 Å². The van der Waals surface area contributed by atoms with Crippen LogP contribution in [0.15, 0.2) is 39.8 Å². The van der Waals surface area contributed by atoms with Gasteiger partial charge in [-0.25, -0.2) is 0 Å². The number of benzene rings is 1. The lowest BCUT2D eigenvalue weighted by Crippen LogP contribution is -2.32. The summed E-state index contributed by atoms with van der Waals surface area (Å²) in [5.74, 6) is 0.718. The third kappa shape index (κ3) is 4.57. The van der Waals surface area contributed by atoms with E-state index in [9.17, 15) is 0 Å². The van der Waals surface area contributed by atoms with Crippen LogP contribution < -0.4 is 0 Å². The molecule has 1 nitrogen and oxygen atoms in total. The highest BCUT2D eigenvalue weighted by molar-refractivity contribution is 9.28. The molecule has 0 amide bonds. The molecule has 1 aliphatic heterocycles. The fraction of sp³-hybridized carbons (Fsp3) is 0.429. The number of hydrogen-bond acceptors (Lipinski definition) is 1. The van der Waals surface area contributed by atoms with Crippen molar-refractivity contribution in [2.45, 2.75) is 19.4 Å². The molecule has 1 aliphatic rings. The summed E-state index contributed by atoms with van der Waals surface area (Å²) in [5.41, 5.74) is 1.42. The lowest BCUT2D eigenvalue weighted by Gasteiger charge is -2.30. The molecule has 1 saturated heterocycles. The molecule has 0 unspecified atom stereocenters. The molecule has 0 bridgehead atoms. The van der Waals surface area contributed by atoms with Crippen molar-refractivity contribution in [3.63, 3.8) is 0 Å². The van der Waals surface area contributed by atoms with E-state index in [1.54, 1.807) is 0 Å². The van der Waals surface area contributed by atoms with Crippen molar-refractivity contribution in [3.05, 3.63) is 45.4 Å². The Labute approximate surface area is 120 Å². The minimum absolute atomic E-state index is 0.718. The van der Waals surface area contributed by atoms with E-state index >= 15 is 0 Å². The SMILES string of the molecule is BrC(Br)=CC1CCN(Cc2ccccc2)CC1. The highest BCUT2D eigenvalue weighted by Gasteiger charge is 2.17. The molecule has 0 atom stereocenters. The summed E-state index contributed by atoms with van der Waals surface area (Å²) >= 11 is 6.89. The lowest BCUT2D eigenvalue weighted by molar-refractivity contribution is 0.196. The zero-order valence-electron chi connectivity index (χ0n) is 9.78. The van der Waals surface area contributed by atoms with Crippen molar-refractivity contribution < 1.29 is 0 Å². The number of piperidine rings is 1. The molecule has 0 spiro atoms. The topological polar surface area (TPSA) is 3.24 Å². The van der Waals surface area contributed by atoms with Crippen molar-refractivity contribution >= 4 is 31.9 Å². The van der Waals surface area contributed by atoms with Crippen LogP contribution in [-0.4, -0.2) is 18.0 Å². The number of likely N-dealkylation sites (tertiary alicyclic amines) is 1. The van der Waals surface area contributed by atoms with Gasteiger partial charge in [0.25, 0.3) is 0 Å². The first-order chi connectivity index (χ1) is 8.24. The van der Waals surface area contributed by atoms with Crippen LogP contribution in [0.4, 0.5) is 0 Å². The third-order valence-electron chi connectivity index (χ3n) is 3.24. The number of allylic oxidation sites excluding steroid dienone is 1. The summed E-state index contributed by atoms with van der Waals surface area (Å²) in [4.78, 5) is 2.54. The highest BCUT2D eigenvalue weighted by Crippen LogP contribution is 2.24. The standard InChI is InChI=1S/C14H17Br2N/c15-14(16)10-12-6-8-17(9-7-12)11-13-4-2-1-3-5-13/h1-5,10,12H,6-9,11H2. The molecule has 1 fully saturated rings. The van der Waals surface area contributed by atoms with Gasteiger partial charge in [0.15, 0.2) is 0 Å². The highest BCUT2D eigenvalue weighted by atomic mass is 79.9. The predicted octanol–water partition coefficient (Wildman–Crippen LogP) is 4.53. The summed E-state index contributed by atoms with van der Waals surface area (Å²) in [6.45, 7) is 3.49. The van der Waals surface area contributed by atoms with E-state index in [0.29, 0.717) is 0 Å². The van der Waals surface area contributed by atoms with Gasteiger partial charge < -0.3 is 0 Å². The molecule has 92 valence electrons. The first kappa shape index (κ1) is 13.3. The zero-order chi connectivity index (χ0) is 12.1. The van der Waals surface area contributed by atoms with Gasteiger partial charge in [0.2, 0.25) is 0 Å². The van der Waals surface area contributed by atoms with Gasteiger partial charge >= 0.3 is 0 Å². The molecular weight excluding hydrogens is 342 g/mol. The Balaban J connectivity index is 1.82. The van der Waals surface area contributed by atoms with E-state index in [2.05, 4.69) is 73.2 Å². The number of rotatable bonds is 3. The molecule has 1 heterocycles. The second-order valence-electron chi connectivity index (χ2n) is 4.56. The van der Waals surface area contributed by atoms with Crippen molar-refractivity contribution in [1.29, 1.82) is 0 Å². The molecule has 0 aliphatic carbocycles. The van der Waals surface area contributed by atoms with E-state index < -0.39 is 0 Å². The molecule has 0 radical (unpaired) electrons. The third-order valence-corrected chi connectivity index (χ3v) is 3.77. The predicted molar refractivity (Wildman–Crippen MR) is 80.4 cm³/mol. The number of hydrogen-bond donors (Lipinski definition) is 0. The maximum atomic E-state index is 3.44. The Kier molecular flexibility index (Phi) is 5.26. The normalized spacial score (nSPS) is 18.0. The van der Waals surface area contributed by atoms with Crippen LogP contribution in [0.3, 0.4) is 0 Å². The Morgan fingerprint density at radius 2 is 1.82 bits per heavy atom. The summed E-state index contributed by atoms with van der Waals surface area (Å²) in [6.07, 6.45) is 4.79. The minimum atomic E-state index is 0.718. The Morgan fingerprint density at radius 1 is 1.18 bits per heavy atom. The second-order valence-corrected chi connectivity index (χ2v) is 7.33. The molecule has 2 rings (SSSR count). The van der Waals surface area contributed by atoms with Crippen LogP contribution in [0, 0.1) is 5.92 Å². The Bertz CT molecular complexity index is 363. The van der Waals surface area contributed by atoms with E-state index in [1.165, 1.54) is 31.5 Å². The van der Waals surface area contributed by atoms with E-state index in [4.69, 9.17) is 0 Å². The average Bonchev–Trinajstić information content (AvgIpc) is 2.32. The molecular formula is C14H17Br2N. The molecule has 0 saturated carbocycles. The van der Waals surface area contributed by atoms with Crippen molar-refractivity contribution in [1.82, 2.24) is 4.90 Å². The Hall–Kier alpha value is -0.120. The lowest BCUT2D eigenvalue weighted by atomic mass is 9.97. The van der Waals surface area contributed by atoms with E-state index in [-0.39, 0.29) is 0 Å². The van der Waals surface area contributed by atoms with Crippen LogP contribution in [0.2, 0.25) is 0 Å². The van der Waals surface area contributed by atoms with Crippen LogP contribution in [0.25, 0.3) is 0 Å². The monoisotopic (exact) mass is 357 g/mol. The summed E-state index contributed by atoms with van der Waals surface area (Å²) in [6, 6.07) is 10.7. The number of nitrogens with zero attached hydrogens (tertiary/aromatic N) is 1. The van der Waals surface area contributed by atoms with Gasteiger partial charge in [-0.1, -0.05) is 36.4 Å². The van der Waals surface area contributed by atoms with Gasteiger partial charge in [0, 0.05) is 6.54 Å².